The average molecular weight is 379 g/mol. The van der Waals surface area contributed by atoms with Gasteiger partial charge in [0.15, 0.2) is 0 Å². The third-order valence-electron chi connectivity index (χ3n) is 5.24. The van der Waals surface area contributed by atoms with Gasteiger partial charge in [-0.3, -0.25) is 9.69 Å². The van der Waals surface area contributed by atoms with Crippen molar-refractivity contribution in [2.45, 2.75) is 19.0 Å². The Kier molecular flexibility index (Phi) is 5.16. The number of rotatable bonds is 6. The summed E-state index contributed by atoms with van der Waals surface area (Å²) in [7, 11) is 3.32. The first-order valence-electron chi connectivity index (χ1n) is 9.48. The molecular weight excluding hydrogens is 354 g/mol. The second-order valence-electron chi connectivity index (χ2n) is 7.08. The fourth-order valence-corrected chi connectivity index (χ4v) is 3.76. The van der Waals surface area contributed by atoms with Crippen LogP contribution < -0.4 is 15.4 Å². The summed E-state index contributed by atoms with van der Waals surface area (Å²) < 4.78 is 5.23. The highest BCUT2D eigenvalue weighted by atomic mass is 16.5. The zero-order valence-corrected chi connectivity index (χ0v) is 16.2. The van der Waals surface area contributed by atoms with E-state index < -0.39 is 0 Å². The zero-order chi connectivity index (χ0) is 19.5. The predicted octanol–water partition coefficient (Wildman–Crippen LogP) is 2.62. The van der Waals surface area contributed by atoms with Crippen molar-refractivity contribution in [2.75, 3.05) is 32.6 Å². The maximum atomic E-state index is 12.3. The molecule has 7 heteroatoms. The maximum absolute atomic E-state index is 12.3. The molecule has 0 spiro atoms. The first-order valence-corrected chi connectivity index (χ1v) is 9.48. The number of fused-ring (bicyclic) bond motifs is 1. The third-order valence-corrected chi connectivity index (χ3v) is 5.24. The van der Waals surface area contributed by atoms with E-state index in [4.69, 9.17) is 4.74 Å². The number of carbonyl (C=O) groups excluding carboxylic acids is 1. The molecule has 1 unspecified atom stereocenters. The van der Waals surface area contributed by atoms with E-state index >= 15 is 0 Å². The minimum atomic E-state index is -0.133. The maximum Gasteiger partial charge on any atom is 0.254 e. The Morgan fingerprint density at radius 1 is 1.32 bits per heavy atom. The third kappa shape index (κ3) is 3.66. The zero-order valence-electron chi connectivity index (χ0n) is 16.2. The van der Waals surface area contributed by atoms with Crippen LogP contribution in [0.5, 0.6) is 5.75 Å². The molecule has 0 bridgehead atoms. The molecule has 1 aromatic carbocycles. The average Bonchev–Trinajstić information content (AvgIpc) is 3.38. The van der Waals surface area contributed by atoms with E-state index in [9.17, 15) is 4.79 Å². The van der Waals surface area contributed by atoms with E-state index in [0.717, 1.165) is 48.5 Å². The summed E-state index contributed by atoms with van der Waals surface area (Å²) >= 11 is 0. The van der Waals surface area contributed by atoms with Gasteiger partial charge in [-0.1, -0.05) is 12.1 Å². The number of anilines is 1. The highest BCUT2D eigenvalue weighted by molar-refractivity contribution is 6.06. The van der Waals surface area contributed by atoms with E-state index in [1.807, 2.05) is 24.4 Å². The second-order valence-corrected chi connectivity index (χ2v) is 7.08. The van der Waals surface area contributed by atoms with E-state index in [-0.39, 0.29) is 11.9 Å². The van der Waals surface area contributed by atoms with Crippen LogP contribution in [0.1, 0.15) is 22.3 Å². The highest BCUT2D eigenvalue weighted by Gasteiger charge is 2.25. The fraction of sp³-hybridized carbons (Fsp3) is 0.333. The molecule has 1 aliphatic heterocycles. The standard InChI is InChI=1S/C21H25N5O2/c1-22-21(27)18-11-24-20-17(7-9-23-20)19(18)25-15-8-10-26(13-15)12-14-3-5-16(28-2)6-4-14/h3-7,9,11,15H,8,10,12-13H2,1-2H3,(H,22,27)(H2,23,24,25). The number of nitrogens with one attached hydrogen (secondary N) is 3. The Morgan fingerprint density at radius 3 is 2.89 bits per heavy atom. The molecule has 3 heterocycles. The van der Waals surface area contributed by atoms with Crippen LogP contribution in [0.4, 0.5) is 5.69 Å². The molecule has 1 atom stereocenters. The molecule has 0 aliphatic carbocycles. The SMILES string of the molecule is CNC(=O)c1cnc2[nH]ccc2c1NC1CCN(Cc2ccc(OC)cc2)C1. The lowest BCUT2D eigenvalue weighted by Crippen LogP contribution is -2.28. The Bertz CT molecular complexity index is 967. The van der Waals surface area contributed by atoms with Crippen molar-refractivity contribution in [2.24, 2.45) is 0 Å². The lowest BCUT2D eigenvalue weighted by molar-refractivity contribution is 0.0963. The van der Waals surface area contributed by atoms with Crippen molar-refractivity contribution in [1.29, 1.82) is 0 Å². The van der Waals surface area contributed by atoms with Crippen LogP contribution in [-0.2, 0) is 6.54 Å². The van der Waals surface area contributed by atoms with E-state index in [0.29, 0.717) is 5.56 Å². The molecule has 28 heavy (non-hydrogen) atoms. The number of hydrogen-bond acceptors (Lipinski definition) is 5. The van der Waals surface area contributed by atoms with Crippen LogP contribution in [0.25, 0.3) is 11.0 Å². The quantitative estimate of drug-likeness (QED) is 0.613. The minimum absolute atomic E-state index is 0.133. The van der Waals surface area contributed by atoms with Crippen LogP contribution in [0.2, 0.25) is 0 Å². The Balaban J connectivity index is 1.48. The van der Waals surface area contributed by atoms with Gasteiger partial charge in [-0.05, 0) is 30.2 Å². The lowest BCUT2D eigenvalue weighted by Gasteiger charge is -2.19. The Labute approximate surface area is 164 Å². The summed E-state index contributed by atoms with van der Waals surface area (Å²) in [6.45, 7) is 2.84. The summed E-state index contributed by atoms with van der Waals surface area (Å²) in [5.74, 6) is 0.742. The summed E-state index contributed by atoms with van der Waals surface area (Å²) in [5, 5.41) is 7.25. The van der Waals surface area contributed by atoms with Gasteiger partial charge in [0.1, 0.15) is 11.4 Å². The van der Waals surface area contributed by atoms with Gasteiger partial charge in [0.2, 0.25) is 0 Å². The molecule has 0 saturated carbocycles. The summed E-state index contributed by atoms with van der Waals surface area (Å²) in [4.78, 5) is 22.2. The van der Waals surface area contributed by atoms with E-state index in [1.54, 1.807) is 20.4 Å². The number of aromatic nitrogens is 2. The number of ether oxygens (including phenoxy) is 1. The number of likely N-dealkylation sites (tertiary alicyclic amines) is 1. The number of nitrogens with zero attached hydrogens (tertiary/aromatic N) is 2. The molecule has 1 aliphatic rings. The molecule has 3 N–H and O–H groups in total. The van der Waals surface area contributed by atoms with Gasteiger partial charge in [0, 0.05) is 50.5 Å². The molecule has 146 valence electrons. The van der Waals surface area contributed by atoms with E-state index in [2.05, 4.69) is 37.6 Å². The van der Waals surface area contributed by atoms with Crippen molar-refractivity contribution in [3.8, 4) is 5.75 Å². The molecule has 1 saturated heterocycles. The first kappa shape index (κ1) is 18.3. The molecule has 4 rings (SSSR count). The molecule has 1 amide bonds. The van der Waals surface area contributed by atoms with Gasteiger partial charge >= 0.3 is 0 Å². The van der Waals surface area contributed by atoms with Crippen molar-refractivity contribution in [3.05, 3.63) is 53.9 Å². The molecule has 3 aromatic rings. The molecule has 2 aromatic heterocycles. The fourth-order valence-electron chi connectivity index (χ4n) is 3.76. The van der Waals surface area contributed by atoms with Crippen LogP contribution in [0, 0.1) is 0 Å². The summed E-state index contributed by atoms with van der Waals surface area (Å²) in [6.07, 6.45) is 4.50. The number of H-pyrrole nitrogens is 1. The van der Waals surface area contributed by atoms with Crippen molar-refractivity contribution < 1.29 is 9.53 Å². The molecule has 7 nitrogen and oxygen atoms in total. The number of methoxy groups -OCH3 is 1. The number of aromatic amines is 1. The van der Waals surface area contributed by atoms with Gasteiger partial charge in [0.25, 0.3) is 5.91 Å². The monoisotopic (exact) mass is 379 g/mol. The molecular formula is C21H25N5O2. The Morgan fingerprint density at radius 2 is 2.14 bits per heavy atom. The number of pyridine rings is 1. The number of amides is 1. The number of benzene rings is 1. The number of hydrogen-bond donors (Lipinski definition) is 3. The first-order chi connectivity index (χ1) is 13.7. The second kappa shape index (κ2) is 7.90. The van der Waals surface area contributed by atoms with Crippen LogP contribution in [-0.4, -0.2) is 54.1 Å². The minimum Gasteiger partial charge on any atom is -0.497 e. The molecule has 1 fully saturated rings. The Hall–Kier alpha value is -3.06. The van der Waals surface area contributed by atoms with Gasteiger partial charge in [-0.25, -0.2) is 4.98 Å². The van der Waals surface area contributed by atoms with Crippen molar-refractivity contribution in [1.82, 2.24) is 20.2 Å². The number of carbonyl (C=O) groups is 1. The summed E-state index contributed by atoms with van der Waals surface area (Å²) in [6, 6.07) is 10.4. The van der Waals surface area contributed by atoms with Crippen LogP contribution in [0.3, 0.4) is 0 Å². The lowest BCUT2D eigenvalue weighted by atomic mass is 10.1. The van der Waals surface area contributed by atoms with Crippen molar-refractivity contribution >= 4 is 22.6 Å². The van der Waals surface area contributed by atoms with Crippen LogP contribution >= 0.6 is 0 Å². The van der Waals surface area contributed by atoms with Gasteiger partial charge in [0.05, 0.1) is 18.4 Å². The van der Waals surface area contributed by atoms with Crippen molar-refractivity contribution in [3.63, 3.8) is 0 Å². The topological polar surface area (TPSA) is 82.3 Å². The van der Waals surface area contributed by atoms with E-state index in [1.165, 1.54) is 5.56 Å². The van der Waals surface area contributed by atoms with Gasteiger partial charge in [-0.2, -0.15) is 0 Å². The largest absolute Gasteiger partial charge is 0.497 e. The predicted molar refractivity (Wildman–Crippen MR) is 110 cm³/mol. The van der Waals surface area contributed by atoms with Gasteiger partial charge in [-0.15, -0.1) is 0 Å². The normalized spacial score (nSPS) is 17.0. The van der Waals surface area contributed by atoms with Crippen LogP contribution in [0.15, 0.2) is 42.7 Å². The molecule has 0 radical (unpaired) electrons. The smallest absolute Gasteiger partial charge is 0.254 e. The van der Waals surface area contributed by atoms with Gasteiger partial charge < -0.3 is 20.4 Å². The summed E-state index contributed by atoms with van der Waals surface area (Å²) in [5.41, 5.74) is 3.47. The highest BCUT2D eigenvalue weighted by Crippen LogP contribution is 2.28.